The molecule has 0 amide bonds. The molecule has 1 heterocycles. The average molecular weight is 342 g/mol. The summed E-state index contributed by atoms with van der Waals surface area (Å²) < 4.78 is 6.80. The van der Waals surface area contributed by atoms with Crippen LogP contribution in [0.1, 0.15) is 15.9 Å². The van der Waals surface area contributed by atoms with Crippen LogP contribution in [0.15, 0.2) is 47.3 Å². The number of aromatic nitrogens is 2. The van der Waals surface area contributed by atoms with Gasteiger partial charge in [0, 0.05) is 0 Å². The summed E-state index contributed by atoms with van der Waals surface area (Å²) in [6.07, 6.45) is 0. The Morgan fingerprint density at radius 3 is 2.58 bits per heavy atom. The highest BCUT2D eigenvalue weighted by molar-refractivity contribution is 7.71. The number of H-pyrrole nitrogens is 1. The van der Waals surface area contributed by atoms with Gasteiger partial charge >= 0.3 is 5.97 Å². The number of aromatic carboxylic acids is 1. The van der Waals surface area contributed by atoms with Crippen LogP contribution in [0.3, 0.4) is 0 Å². The number of hydrogen-bond donors (Lipinski definition) is 2. The van der Waals surface area contributed by atoms with Crippen LogP contribution in [0.5, 0.6) is 5.75 Å². The number of benzene rings is 2. The zero-order valence-electron chi connectivity index (χ0n) is 12.8. The molecule has 0 atom stereocenters. The summed E-state index contributed by atoms with van der Waals surface area (Å²) in [5, 5.41) is 9.43. The molecule has 3 aromatic rings. The van der Waals surface area contributed by atoms with Gasteiger partial charge in [-0.25, -0.2) is 4.79 Å². The van der Waals surface area contributed by atoms with Crippen LogP contribution >= 0.6 is 12.2 Å². The Kier molecular flexibility index (Phi) is 4.18. The quantitative estimate of drug-likeness (QED) is 0.712. The predicted molar refractivity (Wildman–Crippen MR) is 92.4 cm³/mol. The van der Waals surface area contributed by atoms with E-state index in [1.54, 1.807) is 7.11 Å². The Hall–Kier alpha value is -2.93. The maximum Gasteiger partial charge on any atom is 0.335 e. The summed E-state index contributed by atoms with van der Waals surface area (Å²) in [4.78, 5) is 26.6. The van der Waals surface area contributed by atoms with E-state index >= 15 is 0 Å². The number of ether oxygens (including phenoxy) is 1. The van der Waals surface area contributed by atoms with Gasteiger partial charge < -0.3 is 14.8 Å². The van der Waals surface area contributed by atoms with Gasteiger partial charge in [-0.2, -0.15) is 0 Å². The molecule has 0 unspecified atom stereocenters. The number of hydrogen-bond acceptors (Lipinski definition) is 4. The summed E-state index contributed by atoms with van der Waals surface area (Å²) in [7, 11) is 1.59. The second-order valence-electron chi connectivity index (χ2n) is 5.24. The zero-order chi connectivity index (χ0) is 17.3. The minimum atomic E-state index is -1.06. The van der Waals surface area contributed by atoms with E-state index in [9.17, 15) is 9.59 Å². The summed E-state index contributed by atoms with van der Waals surface area (Å²) in [5.74, 6) is -0.324. The van der Waals surface area contributed by atoms with Gasteiger partial charge in [-0.1, -0.05) is 12.1 Å². The Morgan fingerprint density at radius 1 is 1.25 bits per heavy atom. The Morgan fingerprint density at radius 2 is 1.96 bits per heavy atom. The fourth-order valence-corrected chi connectivity index (χ4v) is 2.70. The first-order valence-electron chi connectivity index (χ1n) is 7.12. The van der Waals surface area contributed by atoms with Crippen molar-refractivity contribution in [3.63, 3.8) is 0 Å². The molecule has 0 spiro atoms. The highest BCUT2D eigenvalue weighted by atomic mass is 32.1. The first kappa shape index (κ1) is 15.9. The third kappa shape index (κ3) is 2.93. The molecule has 2 aromatic carbocycles. The normalized spacial score (nSPS) is 10.7. The molecule has 2 N–H and O–H groups in total. The van der Waals surface area contributed by atoms with Crippen molar-refractivity contribution in [3.05, 3.63) is 68.7 Å². The number of rotatable bonds is 4. The van der Waals surface area contributed by atoms with Gasteiger partial charge in [-0.15, -0.1) is 0 Å². The van der Waals surface area contributed by atoms with Gasteiger partial charge in [-0.3, -0.25) is 9.36 Å². The van der Waals surface area contributed by atoms with Crippen molar-refractivity contribution in [3.8, 4) is 5.75 Å². The van der Waals surface area contributed by atoms with E-state index in [4.69, 9.17) is 22.1 Å². The summed E-state index contributed by atoms with van der Waals surface area (Å²) in [5.41, 5.74) is 1.15. The van der Waals surface area contributed by atoms with E-state index in [1.165, 1.54) is 22.8 Å². The molecule has 122 valence electrons. The summed E-state index contributed by atoms with van der Waals surface area (Å²) >= 11 is 5.26. The number of nitrogens with one attached hydrogen (secondary N) is 1. The number of carboxylic acid groups (broad SMARTS) is 1. The Bertz CT molecular complexity index is 1040. The van der Waals surface area contributed by atoms with Crippen LogP contribution in [0.25, 0.3) is 10.9 Å². The highest BCUT2D eigenvalue weighted by Crippen LogP contribution is 2.14. The molecular formula is C17H14N2O4S. The van der Waals surface area contributed by atoms with Crippen molar-refractivity contribution in [2.75, 3.05) is 7.11 Å². The maximum atomic E-state index is 12.7. The molecule has 1 aromatic heterocycles. The molecule has 3 rings (SSSR count). The number of carbonyl (C=O) groups is 1. The average Bonchev–Trinajstić information content (AvgIpc) is 2.58. The second kappa shape index (κ2) is 6.29. The third-order valence-corrected chi connectivity index (χ3v) is 4.05. The monoisotopic (exact) mass is 342 g/mol. The maximum absolute atomic E-state index is 12.7. The molecule has 6 nitrogen and oxygen atoms in total. The molecular weight excluding hydrogens is 328 g/mol. The lowest BCUT2D eigenvalue weighted by atomic mass is 10.1. The molecule has 0 saturated heterocycles. The molecule has 24 heavy (non-hydrogen) atoms. The van der Waals surface area contributed by atoms with E-state index in [0.717, 1.165) is 11.3 Å². The molecule has 0 saturated carbocycles. The van der Waals surface area contributed by atoms with E-state index < -0.39 is 5.97 Å². The fraction of sp³-hybridized carbons (Fsp3) is 0.118. The van der Waals surface area contributed by atoms with Crippen molar-refractivity contribution in [1.82, 2.24) is 9.55 Å². The first-order chi connectivity index (χ1) is 11.5. The van der Waals surface area contributed by atoms with Gasteiger partial charge in [0.15, 0.2) is 4.77 Å². The minimum Gasteiger partial charge on any atom is -0.497 e. The minimum absolute atomic E-state index is 0.0976. The van der Waals surface area contributed by atoms with E-state index in [2.05, 4.69) is 4.98 Å². The standard InChI is InChI=1S/C17H14N2O4S/c1-23-12-5-2-10(3-6-12)9-19-15(20)13-7-4-11(16(21)22)8-14(13)18-17(19)24/h2-8H,9H2,1H3,(H,18,24)(H,21,22). The largest absolute Gasteiger partial charge is 0.497 e. The number of aromatic amines is 1. The Balaban J connectivity index is 2.08. The predicted octanol–water partition coefficient (Wildman–Crippen LogP) is 2.81. The topological polar surface area (TPSA) is 84.3 Å². The lowest BCUT2D eigenvalue weighted by Gasteiger charge is -2.09. The fourth-order valence-electron chi connectivity index (χ4n) is 2.44. The van der Waals surface area contributed by atoms with Crippen LogP contribution in [0, 0.1) is 4.77 Å². The van der Waals surface area contributed by atoms with E-state index in [-0.39, 0.29) is 15.9 Å². The van der Waals surface area contributed by atoms with Gasteiger partial charge in [0.05, 0.1) is 30.1 Å². The van der Waals surface area contributed by atoms with Crippen LogP contribution < -0.4 is 10.3 Å². The van der Waals surface area contributed by atoms with Crippen LogP contribution in [-0.4, -0.2) is 27.7 Å². The van der Waals surface area contributed by atoms with E-state index in [0.29, 0.717) is 17.4 Å². The number of carboxylic acids is 1. The van der Waals surface area contributed by atoms with Crippen LogP contribution in [0.2, 0.25) is 0 Å². The summed E-state index contributed by atoms with van der Waals surface area (Å²) in [6, 6.07) is 11.7. The number of nitrogens with zero attached hydrogens (tertiary/aromatic N) is 1. The summed E-state index contributed by atoms with van der Waals surface area (Å²) in [6.45, 7) is 0.314. The number of methoxy groups -OCH3 is 1. The third-order valence-electron chi connectivity index (χ3n) is 3.73. The van der Waals surface area contributed by atoms with Gasteiger partial charge in [0.2, 0.25) is 0 Å². The van der Waals surface area contributed by atoms with Crippen LogP contribution in [0.4, 0.5) is 0 Å². The van der Waals surface area contributed by atoms with Crippen molar-refractivity contribution in [1.29, 1.82) is 0 Å². The van der Waals surface area contributed by atoms with Gasteiger partial charge in [0.1, 0.15) is 5.75 Å². The van der Waals surface area contributed by atoms with Crippen molar-refractivity contribution >= 4 is 29.1 Å². The van der Waals surface area contributed by atoms with Crippen LogP contribution in [-0.2, 0) is 6.54 Å². The molecule has 0 bridgehead atoms. The van der Waals surface area contributed by atoms with Crippen molar-refractivity contribution < 1.29 is 14.6 Å². The molecule has 0 radical (unpaired) electrons. The van der Waals surface area contributed by atoms with Crippen molar-refractivity contribution in [2.24, 2.45) is 0 Å². The zero-order valence-corrected chi connectivity index (χ0v) is 13.6. The molecule has 7 heteroatoms. The van der Waals surface area contributed by atoms with Gasteiger partial charge in [-0.05, 0) is 48.1 Å². The highest BCUT2D eigenvalue weighted by Gasteiger charge is 2.10. The lowest BCUT2D eigenvalue weighted by molar-refractivity contribution is 0.0697. The SMILES string of the molecule is COc1ccc(Cn2c(=S)[nH]c3cc(C(=O)O)ccc3c2=O)cc1. The molecule has 0 aliphatic heterocycles. The molecule has 0 aliphatic carbocycles. The lowest BCUT2D eigenvalue weighted by Crippen LogP contribution is -2.23. The van der Waals surface area contributed by atoms with E-state index in [1.807, 2.05) is 24.3 Å². The van der Waals surface area contributed by atoms with Crippen molar-refractivity contribution in [2.45, 2.75) is 6.54 Å². The first-order valence-corrected chi connectivity index (χ1v) is 7.53. The molecule has 0 fully saturated rings. The van der Waals surface area contributed by atoms with Gasteiger partial charge in [0.25, 0.3) is 5.56 Å². The smallest absolute Gasteiger partial charge is 0.335 e. The Labute approximate surface area is 142 Å². The second-order valence-corrected chi connectivity index (χ2v) is 5.62. The molecule has 0 aliphatic rings. The number of fused-ring (bicyclic) bond motifs is 1.